The summed E-state index contributed by atoms with van der Waals surface area (Å²) >= 11 is 0. The summed E-state index contributed by atoms with van der Waals surface area (Å²) in [6.07, 6.45) is -0.282. The minimum atomic E-state index is -0.282. The third-order valence-electron chi connectivity index (χ3n) is 4.37. The second-order valence-corrected chi connectivity index (χ2v) is 6.28. The molecule has 0 atom stereocenters. The molecule has 0 bridgehead atoms. The first-order valence-electron chi connectivity index (χ1n) is 9.31. The van der Waals surface area contributed by atoms with Crippen LogP contribution in [0.2, 0.25) is 0 Å². The molecule has 1 aliphatic rings. The smallest absolute Gasteiger partial charge is 0.415 e. The monoisotopic (exact) mass is 370 g/mol. The van der Waals surface area contributed by atoms with Crippen molar-refractivity contribution in [1.82, 2.24) is 9.80 Å². The van der Waals surface area contributed by atoms with Crippen LogP contribution >= 0.6 is 0 Å². The van der Waals surface area contributed by atoms with Gasteiger partial charge in [-0.05, 0) is 24.3 Å². The molecular formula is C21H26N2O4. The lowest BCUT2D eigenvalue weighted by atomic mass is 10.3. The number of para-hydroxylation sites is 2. The molecule has 27 heavy (non-hydrogen) atoms. The lowest BCUT2D eigenvalue weighted by Gasteiger charge is -2.33. The van der Waals surface area contributed by atoms with Gasteiger partial charge in [-0.2, -0.15) is 0 Å². The van der Waals surface area contributed by atoms with Gasteiger partial charge in [-0.15, -0.1) is 0 Å². The van der Waals surface area contributed by atoms with Crippen LogP contribution in [0.15, 0.2) is 60.7 Å². The first-order chi connectivity index (χ1) is 13.3. The Hall–Kier alpha value is -2.57. The van der Waals surface area contributed by atoms with E-state index in [1.807, 2.05) is 48.5 Å². The molecule has 3 rings (SSSR count). The molecule has 0 N–H and O–H groups in total. The van der Waals surface area contributed by atoms with Crippen molar-refractivity contribution in [2.45, 2.75) is 0 Å². The molecule has 2 aromatic carbocycles. The number of amides is 1. The molecule has 0 spiro atoms. The molecule has 1 aliphatic heterocycles. The van der Waals surface area contributed by atoms with Crippen LogP contribution in [-0.2, 0) is 4.74 Å². The van der Waals surface area contributed by atoms with Crippen LogP contribution in [0.3, 0.4) is 0 Å². The van der Waals surface area contributed by atoms with E-state index in [0.717, 1.165) is 25.4 Å². The fraction of sp³-hybridized carbons (Fsp3) is 0.381. The summed E-state index contributed by atoms with van der Waals surface area (Å²) < 4.78 is 16.6. The molecular weight excluding hydrogens is 344 g/mol. The quantitative estimate of drug-likeness (QED) is 0.669. The molecule has 1 heterocycles. The SMILES string of the molecule is O=C(Oc1ccccc1)N1CCN(CCOCCOc2ccccc2)CC1. The van der Waals surface area contributed by atoms with E-state index in [-0.39, 0.29) is 6.09 Å². The lowest BCUT2D eigenvalue weighted by molar-refractivity contribution is 0.0619. The van der Waals surface area contributed by atoms with Crippen molar-refractivity contribution in [2.24, 2.45) is 0 Å². The van der Waals surface area contributed by atoms with Crippen molar-refractivity contribution in [1.29, 1.82) is 0 Å². The molecule has 0 saturated carbocycles. The predicted molar refractivity (Wildman–Crippen MR) is 103 cm³/mol. The number of carbonyl (C=O) groups excluding carboxylic acids is 1. The molecule has 6 nitrogen and oxygen atoms in total. The number of hydrogen-bond donors (Lipinski definition) is 0. The zero-order chi connectivity index (χ0) is 18.7. The molecule has 0 unspecified atom stereocenters. The van der Waals surface area contributed by atoms with E-state index in [0.29, 0.717) is 38.7 Å². The lowest BCUT2D eigenvalue weighted by Crippen LogP contribution is -2.50. The average molecular weight is 370 g/mol. The van der Waals surface area contributed by atoms with Crippen molar-refractivity contribution in [3.63, 3.8) is 0 Å². The summed E-state index contributed by atoms with van der Waals surface area (Å²) in [7, 11) is 0. The number of rotatable bonds is 8. The highest BCUT2D eigenvalue weighted by atomic mass is 16.6. The summed E-state index contributed by atoms with van der Waals surface area (Å²) in [5.41, 5.74) is 0. The molecule has 2 aromatic rings. The van der Waals surface area contributed by atoms with E-state index in [4.69, 9.17) is 14.2 Å². The van der Waals surface area contributed by atoms with Gasteiger partial charge in [-0.25, -0.2) is 4.79 Å². The van der Waals surface area contributed by atoms with Gasteiger partial charge in [0.25, 0.3) is 0 Å². The Balaban J connectivity index is 1.24. The van der Waals surface area contributed by atoms with Gasteiger partial charge in [0.05, 0.1) is 13.2 Å². The minimum absolute atomic E-state index is 0.282. The maximum atomic E-state index is 12.2. The van der Waals surface area contributed by atoms with Gasteiger partial charge in [0, 0.05) is 32.7 Å². The van der Waals surface area contributed by atoms with Gasteiger partial charge in [-0.3, -0.25) is 4.90 Å². The average Bonchev–Trinajstić information content (AvgIpc) is 2.72. The van der Waals surface area contributed by atoms with Crippen LogP contribution in [0.5, 0.6) is 11.5 Å². The molecule has 144 valence electrons. The van der Waals surface area contributed by atoms with Crippen molar-refractivity contribution in [3.8, 4) is 11.5 Å². The summed E-state index contributed by atoms with van der Waals surface area (Å²) in [6.45, 7) is 5.62. The van der Waals surface area contributed by atoms with Crippen LogP contribution in [0.4, 0.5) is 4.79 Å². The second kappa shape index (κ2) is 10.5. The molecule has 1 fully saturated rings. The van der Waals surface area contributed by atoms with Gasteiger partial charge in [-0.1, -0.05) is 36.4 Å². The van der Waals surface area contributed by atoms with Crippen LogP contribution in [0, 0.1) is 0 Å². The Kier molecular flexibility index (Phi) is 7.50. The summed E-state index contributed by atoms with van der Waals surface area (Å²) in [5.74, 6) is 1.44. The number of ether oxygens (including phenoxy) is 3. The van der Waals surface area contributed by atoms with Crippen LogP contribution in [-0.4, -0.2) is 68.4 Å². The summed E-state index contributed by atoms with van der Waals surface area (Å²) in [5, 5.41) is 0. The van der Waals surface area contributed by atoms with E-state index >= 15 is 0 Å². The Morgan fingerprint density at radius 1 is 0.778 bits per heavy atom. The Morgan fingerprint density at radius 3 is 2.07 bits per heavy atom. The van der Waals surface area contributed by atoms with Crippen LogP contribution in [0.25, 0.3) is 0 Å². The summed E-state index contributed by atoms with van der Waals surface area (Å²) in [4.78, 5) is 16.2. The van der Waals surface area contributed by atoms with Gasteiger partial charge < -0.3 is 19.1 Å². The van der Waals surface area contributed by atoms with Crippen molar-refractivity contribution >= 4 is 6.09 Å². The highest BCUT2D eigenvalue weighted by Gasteiger charge is 2.22. The van der Waals surface area contributed by atoms with Crippen molar-refractivity contribution in [2.75, 3.05) is 52.5 Å². The Bertz CT molecular complexity index is 673. The zero-order valence-corrected chi connectivity index (χ0v) is 15.5. The second-order valence-electron chi connectivity index (χ2n) is 6.28. The molecule has 0 aromatic heterocycles. The first kappa shape index (κ1) is 19.2. The highest BCUT2D eigenvalue weighted by molar-refractivity contribution is 5.70. The van der Waals surface area contributed by atoms with Gasteiger partial charge in [0.15, 0.2) is 0 Å². The molecule has 0 aliphatic carbocycles. The topological polar surface area (TPSA) is 51.2 Å². The maximum Gasteiger partial charge on any atom is 0.415 e. The Labute approximate surface area is 160 Å². The zero-order valence-electron chi connectivity index (χ0n) is 15.5. The fourth-order valence-corrected chi connectivity index (χ4v) is 2.84. The standard InChI is InChI=1S/C21H26N2O4/c24-21(27-20-9-5-2-6-10-20)23-13-11-22(12-14-23)15-16-25-17-18-26-19-7-3-1-4-8-19/h1-10H,11-18H2. The largest absolute Gasteiger partial charge is 0.491 e. The minimum Gasteiger partial charge on any atom is -0.491 e. The van der Waals surface area contributed by atoms with Crippen LogP contribution < -0.4 is 9.47 Å². The van der Waals surface area contributed by atoms with Gasteiger partial charge in [0.1, 0.15) is 18.1 Å². The van der Waals surface area contributed by atoms with E-state index in [1.165, 1.54) is 0 Å². The van der Waals surface area contributed by atoms with Crippen molar-refractivity contribution < 1.29 is 19.0 Å². The highest BCUT2D eigenvalue weighted by Crippen LogP contribution is 2.12. The molecule has 1 amide bonds. The molecule has 6 heteroatoms. The number of hydrogen-bond acceptors (Lipinski definition) is 5. The third-order valence-corrected chi connectivity index (χ3v) is 4.37. The third kappa shape index (κ3) is 6.58. The predicted octanol–water partition coefficient (Wildman–Crippen LogP) is 2.90. The van der Waals surface area contributed by atoms with Crippen molar-refractivity contribution in [3.05, 3.63) is 60.7 Å². The van der Waals surface area contributed by atoms with E-state index in [9.17, 15) is 4.79 Å². The number of piperazine rings is 1. The first-order valence-corrected chi connectivity index (χ1v) is 9.31. The number of carbonyl (C=O) groups is 1. The normalized spacial score (nSPS) is 14.7. The maximum absolute atomic E-state index is 12.2. The van der Waals surface area contributed by atoms with E-state index < -0.39 is 0 Å². The van der Waals surface area contributed by atoms with E-state index in [1.54, 1.807) is 17.0 Å². The number of nitrogens with zero attached hydrogens (tertiary/aromatic N) is 2. The molecule has 1 saturated heterocycles. The fourth-order valence-electron chi connectivity index (χ4n) is 2.84. The van der Waals surface area contributed by atoms with Gasteiger partial charge in [0.2, 0.25) is 0 Å². The van der Waals surface area contributed by atoms with Gasteiger partial charge >= 0.3 is 6.09 Å². The Morgan fingerprint density at radius 2 is 1.41 bits per heavy atom. The van der Waals surface area contributed by atoms with Crippen LogP contribution in [0.1, 0.15) is 0 Å². The summed E-state index contributed by atoms with van der Waals surface area (Å²) in [6, 6.07) is 18.9. The number of benzene rings is 2. The van der Waals surface area contributed by atoms with E-state index in [2.05, 4.69) is 4.90 Å². The molecule has 0 radical (unpaired) electrons.